The summed E-state index contributed by atoms with van der Waals surface area (Å²) in [5, 5.41) is 16.8. The molecule has 0 spiro atoms. The molecule has 1 aliphatic rings. The molecule has 0 heterocycles. The number of nitrogens with zero attached hydrogens (tertiary/aromatic N) is 1. The molecule has 0 atom stereocenters. The highest BCUT2D eigenvalue weighted by atomic mass is 16.3. The maximum atomic E-state index is 8.64. The summed E-state index contributed by atoms with van der Waals surface area (Å²) >= 11 is 0. The third-order valence-electron chi connectivity index (χ3n) is 1.75. The van der Waals surface area contributed by atoms with Crippen molar-refractivity contribution in [3.63, 3.8) is 0 Å². The zero-order valence-corrected chi connectivity index (χ0v) is 4.72. The molecule has 0 saturated heterocycles. The number of aliphatic hydroxyl groups is 1. The Morgan fingerprint density at radius 1 is 1.62 bits per heavy atom. The number of hydrogen-bond donors (Lipinski definition) is 1. The van der Waals surface area contributed by atoms with E-state index in [2.05, 4.69) is 6.07 Å². The van der Waals surface area contributed by atoms with E-state index < -0.39 is 0 Å². The fourth-order valence-electron chi connectivity index (χ4n) is 0.735. The van der Waals surface area contributed by atoms with Crippen molar-refractivity contribution in [2.45, 2.75) is 19.3 Å². The van der Waals surface area contributed by atoms with Crippen molar-refractivity contribution < 1.29 is 5.11 Å². The highest BCUT2D eigenvalue weighted by Gasteiger charge is 2.41. The van der Waals surface area contributed by atoms with Crippen molar-refractivity contribution in [1.29, 1.82) is 5.26 Å². The molecule has 1 N–H and O–H groups in total. The second-order valence-corrected chi connectivity index (χ2v) is 2.49. The van der Waals surface area contributed by atoms with Crippen molar-refractivity contribution >= 4 is 0 Å². The summed E-state index contributed by atoms with van der Waals surface area (Å²) < 4.78 is 0. The van der Waals surface area contributed by atoms with Crippen molar-refractivity contribution in [2.24, 2.45) is 5.41 Å². The van der Waals surface area contributed by atoms with Crippen LogP contribution in [0.25, 0.3) is 0 Å². The second kappa shape index (κ2) is 1.75. The van der Waals surface area contributed by atoms with Gasteiger partial charge in [-0.25, -0.2) is 0 Å². The third kappa shape index (κ3) is 0.823. The summed E-state index contributed by atoms with van der Waals surface area (Å²) in [6, 6.07) is 2.06. The van der Waals surface area contributed by atoms with Gasteiger partial charge in [0.15, 0.2) is 0 Å². The van der Waals surface area contributed by atoms with Crippen molar-refractivity contribution in [3.8, 4) is 6.07 Å². The van der Waals surface area contributed by atoms with Crippen LogP contribution >= 0.6 is 0 Å². The van der Waals surface area contributed by atoms with Gasteiger partial charge >= 0.3 is 0 Å². The van der Waals surface area contributed by atoms with Crippen LogP contribution in [0.2, 0.25) is 0 Å². The van der Waals surface area contributed by atoms with E-state index in [0.29, 0.717) is 6.42 Å². The minimum Gasteiger partial charge on any atom is -0.396 e. The lowest BCUT2D eigenvalue weighted by Crippen LogP contribution is -2.03. The Hall–Kier alpha value is -0.550. The second-order valence-electron chi connectivity index (χ2n) is 2.49. The molecule has 0 aliphatic heterocycles. The Morgan fingerprint density at radius 3 is 2.38 bits per heavy atom. The van der Waals surface area contributed by atoms with E-state index >= 15 is 0 Å². The fraction of sp³-hybridized carbons (Fsp3) is 0.833. The van der Waals surface area contributed by atoms with Gasteiger partial charge in [0.05, 0.1) is 6.07 Å². The first-order chi connectivity index (χ1) is 3.83. The Labute approximate surface area is 48.7 Å². The minimum absolute atomic E-state index is 0.0365. The molecule has 0 amide bonds. The summed E-state index contributed by atoms with van der Waals surface area (Å²) in [5.41, 5.74) is 0.0365. The van der Waals surface area contributed by atoms with Gasteiger partial charge < -0.3 is 5.11 Å². The molecular weight excluding hydrogens is 102 g/mol. The Balaban J connectivity index is 2.33. The number of aliphatic hydroxyl groups excluding tert-OH is 1. The summed E-state index contributed by atoms with van der Waals surface area (Å²) in [4.78, 5) is 0. The van der Waals surface area contributed by atoms with Crippen LogP contribution in [0.15, 0.2) is 0 Å². The van der Waals surface area contributed by atoms with Crippen LogP contribution in [0.3, 0.4) is 0 Å². The van der Waals surface area contributed by atoms with Crippen molar-refractivity contribution in [2.75, 3.05) is 6.61 Å². The highest BCUT2D eigenvalue weighted by molar-refractivity contribution is 4.98. The third-order valence-corrected chi connectivity index (χ3v) is 1.75. The topological polar surface area (TPSA) is 44.0 Å². The number of nitriles is 1. The van der Waals surface area contributed by atoms with Crippen LogP contribution in [0, 0.1) is 16.7 Å². The fourth-order valence-corrected chi connectivity index (χ4v) is 0.735. The van der Waals surface area contributed by atoms with Gasteiger partial charge in [0.2, 0.25) is 0 Å². The molecule has 44 valence electrons. The van der Waals surface area contributed by atoms with Gasteiger partial charge in [-0.3, -0.25) is 0 Å². The van der Waals surface area contributed by atoms with Crippen LogP contribution in [0.4, 0.5) is 0 Å². The summed E-state index contributed by atoms with van der Waals surface area (Å²) in [5.74, 6) is 0. The number of hydrogen-bond acceptors (Lipinski definition) is 2. The van der Waals surface area contributed by atoms with Gasteiger partial charge in [0.1, 0.15) is 0 Å². The van der Waals surface area contributed by atoms with E-state index in [-0.39, 0.29) is 12.0 Å². The zero-order chi connectivity index (χ0) is 6.04. The lowest BCUT2D eigenvalue weighted by molar-refractivity contribution is 0.214. The Kier molecular flexibility index (Phi) is 1.22. The van der Waals surface area contributed by atoms with E-state index in [4.69, 9.17) is 10.4 Å². The maximum absolute atomic E-state index is 8.64. The molecule has 2 heteroatoms. The van der Waals surface area contributed by atoms with E-state index in [1.54, 1.807) is 0 Å². The molecule has 0 radical (unpaired) electrons. The highest BCUT2D eigenvalue weighted by Crippen LogP contribution is 2.47. The molecule has 2 nitrogen and oxygen atoms in total. The van der Waals surface area contributed by atoms with Gasteiger partial charge in [0, 0.05) is 18.4 Å². The lowest BCUT2D eigenvalue weighted by atomic mass is 10.1. The number of rotatable bonds is 2. The first-order valence-electron chi connectivity index (χ1n) is 2.81. The first-order valence-corrected chi connectivity index (χ1v) is 2.81. The first kappa shape index (κ1) is 5.58. The Morgan fingerprint density at radius 2 is 2.25 bits per heavy atom. The lowest BCUT2D eigenvalue weighted by Gasteiger charge is -2.01. The summed E-state index contributed by atoms with van der Waals surface area (Å²) in [6.07, 6.45) is 2.61. The smallest absolute Gasteiger partial charge is 0.0628 e. The van der Waals surface area contributed by atoms with Gasteiger partial charge in [-0.15, -0.1) is 0 Å². The van der Waals surface area contributed by atoms with Crippen LogP contribution < -0.4 is 0 Å². The molecule has 1 fully saturated rings. The SMILES string of the molecule is N#CCC1(CO)CC1. The molecule has 0 bridgehead atoms. The molecule has 0 aromatic rings. The van der Waals surface area contributed by atoms with Crippen LogP contribution in [0.1, 0.15) is 19.3 Å². The predicted molar refractivity (Wildman–Crippen MR) is 29.0 cm³/mol. The molecular formula is C6H9NO. The van der Waals surface area contributed by atoms with Gasteiger partial charge in [0.25, 0.3) is 0 Å². The van der Waals surface area contributed by atoms with E-state index in [9.17, 15) is 0 Å². The average molecular weight is 111 g/mol. The zero-order valence-electron chi connectivity index (χ0n) is 4.72. The normalized spacial score (nSPS) is 22.0. The molecule has 8 heavy (non-hydrogen) atoms. The standard InChI is InChI=1S/C6H9NO/c7-4-3-6(5-8)1-2-6/h8H,1-3,5H2. The van der Waals surface area contributed by atoms with Crippen LogP contribution in [0.5, 0.6) is 0 Å². The molecule has 1 aliphatic carbocycles. The predicted octanol–water partition coefficient (Wildman–Crippen LogP) is 0.673. The monoisotopic (exact) mass is 111 g/mol. The molecule has 1 saturated carbocycles. The minimum atomic E-state index is 0.0365. The maximum Gasteiger partial charge on any atom is 0.0628 e. The quantitative estimate of drug-likeness (QED) is 0.569. The van der Waals surface area contributed by atoms with Crippen LogP contribution in [-0.4, -0.2) is 11.7 Å². The van der Waals surface area contributed by atoms with Gasteiger partial charge in [-0.1, -0.05) is 0 Å². The van der Waals surface area contributed by atoms with E-state index in [1.165, 1.54) is 0 Å². The van der Waals surface area contributed by atoms with Crippen molar-refractivity contribution in [1.82, 2.24) is 0 Å². The van der Waals surface area contributed by atoms with Gasteiger partial charge in [-0.2, -0.15) is 5.26 Å². The average Bonchev–Trinajstić information content (AvgIpc) is 2.50. The molecule has 1 rings (SSSR count). The Bertz CT molecular complexity index is 121. The summed E-state index contributed by atoms with van der Waals surface area (Å²) in [6.45, 7) is 0.195. The van der Waals surface area contributed by atoms with Gasteiger partial charge in [-0.05, 0) is 12.8 Å². The molecule has 0 aromatic heterocycles. The van der Waals surface area contributed by atoms with Crippen molar-refractivity contribution in [3.05, 3.63) is 0 Å². The molecule has 0 unspecified atom stereocenters. The largest absolute Gasteiger partial charge is 0.396 e. The summed E-state index contributed by atoms with van der Waals surface area (Å²) in [7, 11) is 0. The molecule has 0 aromatic carbocycles. The van der Waals surface area contributed by atoms with Crippen LogP contribution in [-0.2, 0) is 0 Å². The van der Waals surface area contributed by atoms with E-state index in [0.717, 1.165) is 12.8 Å². The van der Waals surface area contributed by atoms with E-state index in [1.807, 2.05) is 0 Å².